The van der Waals surface area contributed by atoms with Crippen molar-refractivity contribution in [1.29, 1.82) is 0 Å². The van der Waals surface area contributed by atoms with Crippen LogP contribution in [-0.4, -0.2) is 77.1 Å². The van der Waals surface area contributed by atoms with Gasteiger partial charge >= 0.3 is 0 Å². The van der Waals surface area contributed by atoms with E-state index in [4.69, 9.17) is 0 Å². The predicted molar refractivity (Wildman–Crippen MR) is 180 cm³/mol. The molecular formula is C35H44F2N4O7S. The van der Waals surface area contributed by atoms with Gasteiger partial charge in [0.05, 0.1) is 35.1 Å². The van der Waals surface area contributed by atoms with Crippen LogP contribution < -0.4 is 16.0 Å². The van der Waals surface area contributed by atoms with Gasteiger partial charge in [-0.05, 0) is 54.2 Å². The second kappa shape index (κ2) is 18.5. The first-order valence-corrected chi connectivity index (χ1v) is 17.9. The predicted octanol–water partition coefficient (Wildman–Crippen LogP) is 2.71. The number of unbranched alkanes of at least 4 members (excludes halogenated alkanes) is 1. The Morgan fingerprint density at radius 3 is 2.14 bits per heavy atom. The molecule has 49 heavy (non-hydrogen) atoms. The van der Waals surface area contributed by atoms with E-state index in [0.29, 0.717) is 18.9 Å². The molecule has 1 unspecified atom stereocenters. The van der Waals surface area contributed by atoms with Gasteiger partial charge in [-0.15, -0.1) is 0 Å². The number of sulfone groups is 1. The number of rotatable bonds is 18. The van der Waals surface area contributed by atoms with Gasteiger partial charge in [0, 0.05) is 25.0 Å². The van der Waals surface area contributed by atoms with Crippen molar-refractivity contribution in [2.45, 2.75) is 70.9 Å². The number of nitrogens with one attached hydrogen (secondary N) is 3. The lowest BCUT2D eigenvalue weighted by molar-refractivity contribution is -0.136. The monoisotopic (exact) mass is 702 g/mol. The van der Waals surface area contributed by atoms with Gasteiger partial charge in [0.2, 0.25) is 11.8 Å². The summed E-state index contributed by atoms with van der Waals surface area (Å²) >= 11 is 0. The second-order valence-corrected chi connectivity index (χ2v) is 14.5. The van der Waals surface area contributed by atoms with Crippen LogP contribution in [0.3, 0.4) is 0 Å². The van der Waals surface area contributed by atoms with Crippen molar-refractivity contribution in [3.05, 3.63) is 101 Å². The van der Waals surface area contributed by atoms with Crippen molar-refractivity contribution in [1.82, 2.24) is 20.9 Å². The summed E-state index contributed by atoms with van der Waals surface area (Å²) in [5.41, 5.74) is 0.838. The maximum absolute atomic E-state index is 14.2. The van der Waals surface area contributed by atoms with Crippen LogP contribution >= 0.6 is 0 Å². The van der Waals surface area contributed by atoms with Crippen molar-refractivity contribution in [3.63, 3.8) is 0 Å². The Hall–Kier alpha value is -4.27. The van der Waals surface area contributed by atoms with Gasteiger partial charge in [-0.3, -0.25) is 19.4 Å². The molecule has 0 aliphatic heterocycles. The number of aromatic nitrogens is 1. The molecule has 0 bridgehead atoms. The van der Waals surface area contributed by atoms with Crippen LogP contribution in [-0.2, 0) is 32.4 Å². The van der Waals surface area contributed by atoms with E-state index in [2.05, 4.69) is 20.9 Å². The molecule has 0 aliphatic rings. The minimum atomic E-state index is -3.88. The Morgan fingerprint density at radius 1 is 0.878 bits per heavy atom. The fourth-order valence-electron chi connectivity index (χ4n) is 5.35. The van der Waals surface area contributed by atoms with Crippen LogP contribution in [0.5, 0.6) is 0 Å². The van der Waals surface area contributed by atoms with Gasteiger partial charge in [0.25, 0.3) is 5.91 Å². The average molecular weight is 703 g/mol. The zero-order valence-electron chi connectivity index (χ0n) is 27.7. The lowest BCUT2D eigenvalue weighted by Crippen LogP contribution is -2.59. The van der Waals surface area contributed by atoms with Gasteiger partial charge in [-0.25, -0.2) is 17.2 Å². The number of hydrogen-bond donors (Lipinski definition) is 5. The van der Waals surface area contributed by atoms with Crippen LogP contribution in [0.4, 0.5) is 8.78 Å². The summed E-state index contributed by atoms with van der Waals surface area (Å²) in [4.78, 5) is 44.0. The number of aliphatic hydroxyl groups is 2. The van der Waals surface area contributed by atoms with Gasteiger partial charge in [0.1, 0.15) is 23.8 Å². The zero-order chi connectivity index (χ0) is 36.1. The lowest BCUT2D eigenvalue weighted by atomic mass is 9.83. The molecule has 14 heteroatoms. The third-order valence-electron chi connectivity index (χ3n) is 7.94. The summed E-state index contributed by atoms with van der Waals surface area (Å²) in [6.45, 7) is 5.24. The minimum absolute atomic E-state index is 0.00445. The maximum atomic E-state index is 14.2. The van der Waals surface area contributed by atoms with Crippen LogP contribution in [0.25, 0.3) is 0 Å². The van der Waals surface area contributed by atoms with E-state index < -0.39 is 87.5 Å². The topological polar surface area (TPSA) is 175 Å². The highest BCUT2D eigenvalue weighted by Gasteiger charge is 2.40. The molecular weight excluding hydrogens is 658 g/mol. The number of aliphatic hydroxyl groups excluding tert-OH is 2. The zero-order valence-corrected chi connectivity index (χ0v) is 28.5. The van der Waals surface area contributed by atoms with Crippen molar-refractivity contribution in [3.8, 4) is 0 Å². The second-order valence-electron chi connectivity index (χ2n) is 12.3. The number of halogens is 2. The van der Waals surface area contributed by atoms with Crippen molar-refractivity contribution >= 4 is 27.6 Å². The first-order valence-electron chi connectivity index (χ1n) is 16.0. The molecule has 3 aromatic rings. The van der Waals surface area contributed by atoms with E-state index in [-0.39, 0.29) is 23.4 Å². The number of amides is 3. The third-order valence-corrected chi connectivity index (χ3v) is 9.69. The number of benzene rings is 2. The molecule has 0 saturated heterocycles. The molecule has 5 atom stereocenters. The number of carbonyl (C=O) groups excluding carboxylic acids is 3. The highest BCUT2D eigenvalue weighted by molar-refractivity contribution is 7.91. The molecule has 5 N–H and O–H groups in total. The minimum Gasteiger partial charge on any atom is -0.390 e. The fourth-order valence-corrected chi connectivity index (χ4v) is 6.99. The Bertz CT molecular complexity index is 1630. The average Bonchev–Trinajstić information content (AvgIpc) is 3.05. The fraction of sp³-hybridized carbons (Fsp3) is 0.429. The van der Waals surface area contributed by atoms with E-state index in [1.807, 2.05) is 6.07 Å². The molecule has 3 rings (SSSR count). The summed E-state index contributed by atoms with van der Waals surface area (Å²) < 4.78 is 54.3. The van der Waals surface area contributed by atoms with Gasteiger partial charge < -0.3 is 26.2 Å². The van der Waals surface area contributed by atoms with Gasteiger partial charge in [-0.1, -0.05) is 57.5 Å². The summed E-state index contributed by atoms with van der Waals surface area (Å²) in [7, 11) is -3.88. The molecule has 266 valence electrons. The standard InChI is InChI=1S/C35H44F2N4O7S/c1-4-5-14-49(47,48)21-29(41-33(44)25-12-9-13-38-20-25)34(45)40-28(17-24-15-26(36)18-27(37)16-24)31(42)32(43)30(22(2)3)35(46)39-19-23-10-7-6-8-11-23/h6-13,15-16,18,20,22,28-32,42-43H,4-5,14,17,19,21H2,1-3H3,(H,39,46)(H,40,45)(H,41,44)/t28-,29?,30+,31+,32+/m0/s1. The number of carbonyl (C=O) groups is 3. The molecule has 1 aromatic heterocycles. The molecule has 1 heterocycles. The largest absolute Gasteiger partial charge is 0.390 e. The van der Waals surface area contributed by atoms with E-state index in [1.54, 1.807) is 45.0 Å². The Balaban J connectivity index is 1.93. The van der Waals surface area contributed by atoms with Gasteiger partial charge in [-0.2, -0.15) is 0 Å². The molecule has 0 aliphatic carbocycles. The highest BCUT2D eigenvalue weighted by Crippen LogP contribution is 2.23. The molecule has 11 nitrogen and oxygen atoms in total. The molecule has 0 fully saturated rings. The summed E-state index contributed by atoms with van der Waals surface area (Å²) in [5.74, 6) is -7.04. The molecule has 3 amide bonds. The van der Waals surface area contributed by atoms with Crippen LogP contribution in [0.1, 0.15) is 55.1 Å². The van der Waals surface area contributed by atoms with Crippen LogP contribution in [0, 0.1) is 23.5 Å². The molecule has 2 aromatic carbocycles. The van der Waals surface area contributed by atoms with E-state index in [9.17, 15) is 41.8 Å². The van der Waals surface area contributed by atoms with Gasteiger partial charge in [0.15, 0.2) is 9.84 Å². The van der Waals surface area contributed by atoms with Crippen LogP contribution in [0.15, 0.2) is 73.1 Å². The first-order chi connectivity index (χ1) is 23.2. The van der Waals surface area contributed by atoms with E-state index in [1.165, 1.54) is 24.5 Å². The van der Waals surface area contributed by atoms with Crippen molar-refractivity contribution in [2.75, 3.05) is 11.5 Å². The summed E-state index contributed by atoms with van der Waals surface area (Å²) in [6.07, 6.45) is -0.589. The molecule has 0 radical (unpaired) electrons. The maximum Gasteiger partial charge on any atom is 0.253 e. The number of nitrogens with zero attached hydrogens (tertiary/aromatic N) is 1. The Morgan fingerprint density at radius 2 is 1.55 bits per heavy atom. The lowest BCUT2D eigenvalue weighted by Gasteiger charge is -2.34. The first kappa shape index (κ1) is 39.2. The summed E-state index contributed by atoms with van der Waals surface area (Å²) in [6, 6.07) is 11.3. The third kappa shape index (κ3) is 12.3. The number of pyridine rings is 1. The molecule has 0 spiro atoms. The van der Waals surface area contributed by atoms with Crippen LogP contribution in [0.2, 0.25) is 0 Å². The SMILES string of the molecule is CCCCS(=O)(=O)CC(NC(=O)c1cccnc1)C(=O)N[C@@H](Cc1cc(F)cc(F)c1)[C@@H](O)[C@H](O)[C@H](C(=O)NCc1ccccc1)C(C)C. The quantitative estimate of drug-likeness (QED) is 0.135. The van der Waals surface area contributed by atoms with Crippen molar-refractivity contribution in [2.24, 2.45) is 11.8 Å². The van der Waals surface area contributed by atoms with E-state index in [0.717, 1.165) is 17.7 Å². The number of hydrogen-bond acceptors (Lipinski definition) is 8. The molecule has 0 saturated carbocycles. The smallest absolute Gasteiger partial charge is 0.253 e. The Labute approximate surface area is 285 Å². The normalized spacial score (nSPS) is 14.7. The summed E-state index contributed by atoms with van der Waals surface area (Å²) in [5, 5.41) is 30.6. The highest BCUT2D eigenvalue weighted by atomic mass is 32.2. The van der Waals surface area contributed by atoms with Crippen molar-refractivity contribution < 1.29 is 41.8 Å². The Kier molecular flexibility index (Phi) is 14.8. The van der Waals surface area contributed by atoms with E-state index >= 15 is 0 Å².